The summed E-state index contributed by atoms with van der Waals surface area (Å²) in [5.74, 6) is 0.0493. The third-order valence-corrected chi connectivity index (χ3v) is 3.30. The number of carbonyl (C=O) groups excluding carboxylic acids is 1. The maximum atomic E-state index is 10.9. The van der Waals surface area contributed by atoms with E-state index in [1.165, 1.54) is 0 Å². The number of hydrogen-bond donors (Lipinski definition) is 2. The Kier molecular flexibility index (Phi) is 2.74. The van der Waals surface area contributed by atoms with E-state index in [0.29, 0.717) is 6.04 Å². The molecule has 1 amide bonds. The molecule has 2 aliphatic heterocycles. The Hall–Kier alpha value is -0.610. The second kappa shape index (κ2) is 3.87. The van der Waals surface area contributed by atoms with E-state index < -0.39 is 0 Å². The summed E-state index contributed by atoms with van der Waals surface area (Å²) in [5, 5.41) is 12.6. The average Bonchev–Trinajstić information content (AvgIpc) is 2.46. The monoisotopic (exact) mass is 198 g/mol. The Balaban J connectivity index is 1.89. The molecule has 3 atom stereocenters. The maximum Gasteiger partial charge on any atom is 0.217 e. The van der Waals surface area contributed by atoms with E-state index in [0.717, 1.165) is 32.4 Å². The predicted octanol–water partition coefficient (Wildman–Crippen LogP) is -0.280. The zero-order valence-electron chi connectivity index (χ0n) is 8.57. The molecule has 2 heterocycles. The number of fused-ring (bicyclic) bond motifs is 1. The first-order valence-corrected chi connectivity index (χ1v) is 5.36. The summed E-state index contributed by atoms with van der Waals surface area (Å²) in [6, 6.07) is 0.633. The van der Waals surface area contributed by atoms with E-state index >= 15 is 0 Å². The molecule has 2 aliphatic rings. The Labute approximate surface area is 84.3 Å². The average molecular weight is 198 g/mol. The maximum absolute atomic E-state index is 10.9. The fraction of sp³-hybridized carbons (Fsp3) is 0.900. The number of hydrogen-bond acceptors (Lipinski definition) is 3. The molecule has 0 radical (unpaired) electrons. The number of aliphatic hydroxyl groups excluding tert-OH is 1. The van der Waals surface area contributed by atoms with Gasteiger partial charge in [0.15, 0.2) is 0 Å². The van der Waals surface area contributed by atoms with Crippen LogP contribution in [0.5, 0.6) is 0 Å². The van der Waals surface area contributed by atoms with Crippen LogP contribution in [0, 0.1) is 0 Å². The van der Waals surface area contributed by atoms with Crippen LogP contribution in [0.1, 0.15) is 26.2 Å². The van der Waals surface area contributed by atoms with Crippen LogP contribution in [-0.4, -0.2) is 47.2 Å². The largest absolute Gasteiger partial charge is 0.391 e. The van der Waals surface area contributed by atoms with Gasteiger partial charge in [0.1, 0.15) is 0 Å². The molecule has 2 rings (SSSR count). The fourth-order valence-corrected chi connectivity index (χ4v) is 2.65. The van der Waals surface area contributed by atoms with Gasteiger partial charge in [-0.05, 0) is 19.3 Å². The van der Waals surface area contributed by atoms with Crippen LogP contribution >= 0.6 is 0 Å². The van der Waals surface area contributed by atoms with Crippen LogP contribution in [0.25, 0.3) is 0 Å². The number of piperidine rings is 1. The number of amides is 1. The first kappa shape index (κ1) is 9.93. The van der Waals surface area contributed by atoms with E-state index in [4.69, 9.17) is 0 Å². The van der Waals surface area contributed by atoms with Crippen LogP contribution in [0.4, 0.5) is 0 Å². The van der Waals surface area contributed by atoms with Crippen molar-refractivity contribution in [3.63, 3.8) is 0 Å². The second-order valence-electron chi connectivity index (χ2n) is 4.39. The zero-order valence-corrected chi connectivity index (χ0v) is 8.57. The Morgan fingerprint density at radius 2 is 2.21 bits per heavy atom. The van der Waals surface area contributed by atoms with Gasteiger partial charge >= 0.3 is 0 Å². The molecule has 0 saturated carbocycles. The molecule has 14 heavy (non-hydrogen) atoms. The summed E-state index contributed by atoms with van der Waals surface area (Å²) < 4.78 is 0. The molecular formula is C10H18N2O2. The Morgan fingerprint density at radius 1 is 1.43 bits per heavy atom. The molecule has 0 bridgehead atoms. The van der Waals surface area contributed by atoms with E-state index in [2.05, 4.69) is 10.2 Å². The van der Waals surface area contributed by atoms with Gasteiger partial charge in [0.25, 0.3) is 0 Å². The standard InChI is InChI=1S/C10H18N2O2/c1-7(13)11-8-2-3-9-10(14)4-5-12(9)6-8/h8-10,14H,2-6H2,1H3,(H,11,13)/t8-,9-,10-/m0/s1. The van der Waals surface area contributed by atoms with E-state index in [1.807, 2.05) is 0 Å². The van der Waals surface area contributed by atoms with Crippen LogP contribution in [-0.2, 0) is 4.79 Å². The van der Waals surface area contributed by atoms with E-state index in [9.17, 15) is 9.90 Å². The third-order valence-electron chi connectivity index (χ3n) is 3.30. The molecular weight excluding hydrogens is 180 g/mol. The van der Waals surface area contributed by atoms with Crippen molar-refractivity contribution < 1.29 is 9.90 Å². The number of rotatable bonds is 1. The smallest absolute Gasteiger partial charge is 0.217 e. The van der Waals surface area contributed by atoms with Crippen molar-refractivity contribution in [1.82, 2.24) is 10.2 Å². The normalized spacial score (nSPS) is 38.0. The van der Waals surface area contributed by atoms with Crippen molar-refractivity contribution in [2.45, 2.75) is 44.4 Å². The first-order chi connectivity index (χ1) is 6.66. The minimum atomic E-state index is -0.145. The lowest BCUT2D eigenvalue weighted by Crippen LogP contribution is -2.50. The molecule has 2 N–H and O–H groups in total. The SMILES string of the molecule is CC(=O)N[C@H]1CC[C@H]2[C@@H](O)CCN2C1. The quantitative estimate of drug-likeness (QED) is 0.609. The molecule has 0 aromatic heterocycles. The van der Waals surface area contributed by atoms with Gasteiger partial charge in [0, 0.05) is 32.1 Å². The van der Waals surface area contributed by atoms with Crippen molar-refractivity contribution in [1.29, 1.82) is 0 Å². The van der Waals surface area contributed by atoms with E-state index in [1.54, 1.807) is 6.92 Å². The number of nitrogens with one attached hydrogen (secondary N) is 1. The highest BCUT2D eigenvalue weighted by Crippen LogP contribution is 2.27. The summed E-state index contributed by atoms with van der Waals surface area (Å²) in [6.45, 7) is 3.44. The molecule has 2 fully saturated rings. The lowest BCUT2D eigenvalue weighted by molar-refractivity contribution is -0.120. The van der Waals surface area contributed by atoms with Crippen molar-refractivity contribution >= 4 is 5.91 Å². The van der Waals surface area contributed by atoms with Gasteiger partial charge in [-0.2, -0.15) is 0 Å². The molecule has 0 aromatic carbocycles. The molecule has 0 unspecified atom stereocenters. The first-order valence-electron chi connectivity index (χ1n) is 5.36. The van der Waals surface area contributed by atoms with Gasteiger partial charge in [-0.1, -0.05) is 0 Å². The Bertz CT molecular complexity index is 232. The second-order valence-corrected chi connectivity index (χ2v) is 4.39. The number of nitrogens with zero attached hydrogens (tertiary/aromatic N) is 1. The highest BCUT2D eigenvalue weighted by molar-refractivity contribution is 5.73. The summed E-state index contributed by atoms with van der Waals surface area (Å²) in [6.07, 6.45) is 2.75. The topological polar surface area (TPSA) is 52.6 Å². The number of aliphatic hydroxyl groups is 1. The number of carbonyl (C=O) groups is 1. The zero-order chi connectivity index (χ0) is 10.1. The summed E-state index contributed by atoms with van der Waals surface area (Å²) in [4.78, 5) is 13.2. The van der Waals surface area contributed by atoms with Gasteiger partial charge < -0.3 is 10.4 Å². The minimum Gasteiger partial charge on any atom is -0.391 e. The van der Waals surface area contributed by atoms with Crippen LogP contribution in [0.15, 0.2) is 0 Å². The fourth-order valence-electron chi connectivity index (χ4n) is 2.65. The van der Waals surface area contributed by atoms with Crippen LogP contribution in [0.3, 0.4) is 0 Å². The molecule has 4 nitrogen and oxygen atoms in total. The third kappa shape index (κ3) is 1.91. The minimum absolute atomic E-state index is 0.0493. The highest BCUT2D eigenvalue weighted by Gasteiger charge is 2.37. The van der Waals surface area contributed by atoms with Crippen molar-refractivity contribution in [3.05, 3.63) is 0 Å². The van der Waals surface area contributed by atoms with E-state index in [-0.39, 0.29) is 18.1 Å². The predicted molar refractivity (Wildman–Crippen MR) is 52.8 cm³/mol. The Morgan fingerprint density at radius 3 is 2.93 bits per heavy atom. The summed E-state index contributed by atoms with van der Waals surface area (Å²) in [5.41, 5.74) is 0. The molecule has 80 valence electrons. The lowest BCUT2D eigenvalue weighted by atomic mass is 9.97. The van der Waals surface area contributed by atoms with Crippen molar-refractivity contribution in [3.8, 4) is 0 Å². The van der Waals surface area contributed by atoms with Gasteiger partial charge in [0.05, 0.1) is 6.10 Å². The van der Waals surface area contributed by atoms with Crippen molar-refractivity contribution in [2.24, 2.45) is 0 Å². The van der Waals surface area contributed by atoms with Crippen LogP contribution < -0.4 is 5.32 Å². The molecule has 0 spiro atoms. The van der Waals surface area contributed by atoms with Gasteiger partial charge in [-0.25, -0.2) is 0 Å². The molecule has 0 aromatic rings. The van der Waals surface area contributed by atoms with Gasteiger partial charge in [-0.3, -0.25) is 9.69 Å². The van der Waals surface area contributed by atoms with Crippen molar-refractivity contribution in [2.75, 3.05) is 13.1 Å². The highest BCUT2D eigenvalue weighted by atomic mass is 16.3. The van der Waals surface area contributed by atoms with Gasteiger partial charge in [-0.15, -0.1) is 0 Å². The lowest BCUT2D eigenvalue weighted by Gasteiger charge is -2.36. The van der Waals surface area contributed by atoms with Gasteiger partial charge in [0.2, 0.25) is 5.91 Å². The van der Waals surface area contributed by atoms with Crippen LogP contribution in [0.2, 0.25) is 0 Å². The molecule has 2 saturated heterocycles. The summed E-state index contributed by atoms with van der Waals surface area (Å²) in [7, 11) is 0. The molecule has 4 heteroatoms. The summed E-state index contributed by atoms with van der Waals surface area (Å²) >= 11 is 0. The molecule has 0 aliphatic carbocycles.